The summed E-state index contributed by atoms with van der Waals surface area (Å²) < 4.78 is 143. The van der Waals surface area contributed by atoms with Gasteiger partial charge >= 0.3 is 33.5 Å². The summed E-state index contributed by atoms with van der Waals surface area (Å²) in [5.41, 5.74) is -0.190. The molecule has 0 heterocycles. The molecule has 1 aliphatic rings. The van der Waals surface area contributed by atoms with Crippen molar-refractivity contribution in [2.24, 2.45) is 17.3 Å². The van der Waals surface area contributed by atoms with Crippen molar-refractivity contribution in [2.45, 2.75) is 89.1 Å². The number of halogens is 8. The zero-order valence-electron chi connectivity index (χ0n) is 18.5. The van der Waals surface area contributed by atoms with E-state index in [0.29, 0.717) is 11.8 Å². The maximum atomic E-state index is 13.8. The van der Waals surface area contributed by atoms with Gasteiger partial charge in [-0.1, -0.05) is 33.6 Å². The largest absolute Gasteiger partial charge is 0.460 e. The molecule has 198 valence electrons. The van der Waals surface area contributed by atoms with Gasteiger partial charge in [0.25, 0.3) is 0 Å². The summed E-state index contributed by atoms with van der Waals surface area (Å²) in [5, 5.41) is -6.58. The zero-order chi connectivity index (χ0) is 25.9. The van der Waals surface area contributed by atoms with Gasteiger partial charge in [0.15, 0.2) is 0 Å². The topological polar surface area (TPSA) is 72.8 Å². The highest BCUT2D eigenvalue weighted by Crippen LogP contribution is 2.48. The van der Waals surface area contributed by atoms with Gasteiger partial charge in [0, 0.05) is 13.0 Å². The van der Waals surface area contributed by atoms with Crippen molar-refractivity contribution in [3.05, 3.63) is 0 Å². The molecule has 0 unspecified atom stereocenters. The van der Waals surface area contributed by atoms with E-state index < -0.39 is 53.0 Å². The lowest BCUT2D eigenvalue weighted by atomic mass is 9.67. The molecular weight excluding hydrogens is 492 g/mol. The molecule has 33 heavy (non-hydrogen) atoms. The van der Waals surface area contributed by atoms with Crippen LogP contribution in [-0.4, -0.2) is 49.6 Å². The second-order valence-corrected chi connectivity index (χ2v) is 10.8. The molecule has 0 saturated heterocycles. The van der Waals surface area contributed by atoms with E-state index in [1.807, 2.05) is 13.8 Å². The van der Waals surface area contributed by atoms with E-state index in [4.69, 9.17) is 9.29 Å². The molecule has 0 aromatic rings. The maximum absolute atomic E-state index is 13.8. The van der Waals surface area contributed by atoms with E-state index in [9.17, 15) is 43.5 Å². The summed E-state index contributed by atoms with van der Waals surface area (Å²) >= 11 is 0. The minimum atomic E-state index is -6.94. The highest BCUT2D eigenvalue weighted by molar-refractivity contribution is 7.86. The van der Waals surface area contributed by atoms with E-state index in [1.165, 1.54) is 0 Å². The van der Waals surface area contributed by atoms with Gasteiger partial charge in [0.2, 0.25) is 0 Å². The van der Waals surface area contributed by atoms with Crippen LogP contribution in [0.15, 0.2) is 0 Å². The van der Waals surface area contributed by atoms with Crippen LogP contribution in [0, 0.1) is 17.3 Å². The van der Waals surface area contributed by atoms with Gasteiger partial charge in [0.05, 0.1) is 6.61 Å². The predicted octanol–water partition coefficient (Wildman–Crippen LogP) is 6.34. The maximum Gasteiger partial charge on any atom is 0.460 e. The minimum Gasteiger partial charge on any atom is -0.381 e. The molecule has 0 spiro atoms. The van der Waals surface area contributed by atoms with Crippen LogP contribution in [0.2, 0.25) is 0 Å². The van der Waals surface area contributed by atoms with Crippen LogP contribution in [-0.2, 0) is 19.6 Å². The molecule has 1 saturated carbocycles. The average molecular weight is 522 g/mol. The Kier molecular flexibility index (Phi) is 9.63. The average Bonchev–Trinajstić information content (AvgIpc) is 2.58. The fraction of sp³-hybridized carbons (Fsp3) is 1.00. The van der Waals surface area contributed by atoms with Crippen molar-refractivity contribution in [2.75, 3.05) is 13.2 Å². The molecule has 0 amide bonds. The zero-order valence-corrected chi connectivity index (χ0v) is 19.3. The molecule has 0 bridgehead atoms. The van der Waals surface area contributed by atoms with Crippen molar-refractivity contribution in [3.8, 4) is 0 Å². The number of rotatable bonds is 13. The molecule has 5 nitrogen and oxygen atoms in total. The Morgan fingerprint density at radius 1 is 1.06 bits per heavy atom. The third-order valence-electron chi connectivity index (χ3n) is 5.56. The number of alkyl halides is 8. The van der Waals surface area contributed by atoms with Gasteiger partial charge in [-0.2, -0.15) is 43.5 Å². The number of hydrogen-bond acceptors (Lipinski definition) is 4. The Hall–Kier alpha value is -0.730. The van der Waals surface area contributed by atoms with Gasteiger partial charge in [-0.3, -0.25) is 4.55 Å². The fourth-order valence-corrected chi connectivity index (χ4v) is 4.63. The predicted molar refractivity (Wildman–Crippen MR) is 102 cm³/mol. The quantitative estimate of drug-likeness (QED) is 0.174. The lowest BCUT2D eigenvalue weighted by Crippen LogP contribution is -2.55. The van der Waals surface area contributed by atoms with E-state index >= 15 is 0 Å². The van der Waals surface area contributed by atoms with Crippen LogP contribution in [0.25, 0.3) is 0 Å². The van der Waals surface area contributed by atoms with Gasteiger partial charge in [-0.05, 0) is 42.9 Å². The first kappa shape index (κ1) is 30.3. The third kappa shape index (κ3) is 7.63. The Labute approximate surface area is 187 Å². The smallest absolute Gasteiger partial charge is 0.381 e. The van der Waals surface area contributed by atoms with Gasteiger partial charge in [0.1, 0.15) is 0 Å². The standard InChI is InChI=1S/C19H30F8O5S/c1-13(2)10-15(7-4-6-14(3)11-15)12-31-9-5-8-16(20,21)17(22,23)32-18(24,25)19(26,27)33(28,29)30/h13-14H,4-12H2,1-3H3,(H,28,29,30)/t14-,15+/m1/s1. The summed E-state index contributed by atoms with van der Waals surface area (Å²) in [7, 11) is -6.94. The second kappa shape index (κ2) is 10.5. The van der Waals surface area contributed by atoms with E-state index in [-0.39, 0.29) is 12.0 Å². The van der Waals surface area contributed by atoms with E-state index in [1.54, 1.807) is 0 Å². The van der Waals surface area contributed by atoms with Crippen molar-refractivity contribution in [1.82, 2.24) is 0 Å². The third-order valence-corrected chi connectivity index (χ3v) is 6.45. The number of hydrogen-bond donors (Lipinski definition) is 1. The van der Waals surface area contributed by atoms with Crippen molar-refractivity contribution >= 4 is 10.1 Å². The summed E-state index contributed by atoms with van der Waals surface area (Å²) in [6.07, 6.45) is -10.8. The SMILES string of the molecule is CC(C)C[C@@]1(COCCCC(F)(F)C(F)(F)OC(F)(F)C(F)(F)S(=O)(=O)O)CCC[C@@H](C)C1. The summed E-state index contributed by atoms with van der Waals surface area (Å²) in [6.45, 7) is 5.90. The van der Waals surface area contributed by atoms with Crippen LogP contribution in [0.1, 0.15) is 65.7 Å². The molecule has 2 atom stereocenters. The van der Waals surface area contributed by atoms with E-state index in [2.05, 4.69) is 11.7 Å². The molecule has 1 aliphatic carbocycles. The van der Waals surface area contributed by atoms with Crippen LogP contribution >= 0.6 is 0 Å². The first-order valence-electron chi connectivity index (χ1n) is 10.4. The first-order valence-corrected chi connectivity index (χ1v) is 11.9. The normalized spacial score (nSPS) is 23.8. The Morgan fingerprint density at radius 2 is 1.64 bits per heavy atom. The lowest BCUT2D eigenvalue weighted by Gasteiger charge is -2.41. The molecule has 0 aromatic carbocycles. The van der Waals surface area contributed by atoms with Crippen LogP contribution < -0.4 is 0 Å². The van der Waals surface area contributed by atoms with Crippen LogP contribution in [0.5, 0.6) is 0 Å². The summed E-state index contributed by atoms with van der Waals surface area (Å²) in [6, 6.07) is 0. The van der Waals surface area contributed by atoms with Gasteiger partial charge < -0.3 is 4.74 Å². The molecule has 1 N–H and O–H groups in total. The lowest BCUT2D eigenvalue weighted by molar-refractivity contribution is -0.456. The van der Waals surface area contributed by atoms with Crippen LogP contribution in [0.4, 0.5) is 35.1 Å². The number of ether oxygens (including phenoxy) is 2. The fourth-order valence-electron chi connectivity index (χ4n) is 4.29. The van der Waals surface area contributed by atoms with Gasteiger partial charge in [-0.25, -0.2) is 4.74 Å². The van der Waals surface area contributed by atoms with Crippen molar-refractivity contribution in [1.29, 1.82) is 0 Å². The molecule has 1 fully saturated rings. The molecule has 1 rings (SSSR count). The monoisotopic (exact) mass is 522 g/mol. The Bertz CT molecular complexity index is 740. The van der Waals surface area contributed by atoms with Gasteiger partial charge in [-0.15, -0.1) is 0 Å². The van der Waals surface area contributed by atoms with Crippen molar-refractivity contribution < 1.29 is 57.6 Å². The van der Waals surface area contributed by atoms with Crippen LogP contribution in [0.3, 0.4) is 0 Å². The molecule has 14 heteroatoms. The minimum absolute atomic E-state index is 0.190. The summed E-state index contributed by atoms with van der Waals surface area (Å²) in [4.78, 5) is 0. The highest BCUT2D eigenvalue weighted by atomic mass is 32.2. The second-order valence-electron chi connectivity index (χ2n) is 9.29. The summed E-state index contributed by atoms with van der Waals surface area (Å²) in [5.74, 6) is -4.59. The highest BCUT2D eigenvalue weighted by Gasteiger charge is 2.73. The Balaban J connectivity index is 2.70. The first-order chi connectivity index (χ1) is 14.7. The molecule has 0 aromatic heterocycles. The van der Waals surface area contributed by atoms with Crippen molar-refractivity contribution in [3.63, 3.8) is 0 Å². The molecule has 0 aliphatic heterocycles. The van der Waals surface area contributed by atoms with E-state index in [0.717, 1.165) is 32.1 Å². The Morgan fingerprint density at radius 3 is 2.12 bits per heavy atom. The molecular formula is C19H30F8O5S. The molecule has 0 radical (unpaired) electrons.